The number of aryl methyl sites for hydroxylation is 1. The monoisotopic (exact) mass is 451 g/mol. The summed E-state index contributed by atoms with van der Waals surface area (Å²) in [6, 6.07) is 14.1. The Morgan fingerprint density at radius 1 is 1.08 bits per heavy atom. The SMILES string of the molecule is Cn1nnnc1NCc1cc(Br)c(OCc2ccccc2)c(Br)c1. The smallest absolute Gasteiger partial charge is 0.242 e. The van der Waals surface area contributed by atoms with Crippen LogP contribution in [0.5, 0.6) is 5.75 Å². The highest BCUT2D eigenvalue weighted by Crippen LogP contribution is 2.35. The maximum absolute atomic E-state index is 5.93. The van der Waals surface area contributed by atoms with Crippen LogP contribution < -0.4 is 10.1 Å². The van der Waals surface area contributed by atoms with E-state index in [1.54, 1.807) is 11.7 Å². The Balaban J connectivity index is 1.68. The molecule has 1 heterocycles. The van der Waals surface area contributed by atoms with Gasteiger partial charge in [-0.15, -0.1) is 0 Å². The highest BCUT2D eigenvalue weighted by atomic mass is 79.9. The van der Waals surface area contributed by atoms with Gasteiger partial charge in [-0.3, -0.25) is 0 Å². The average Bonchev–Trinajstić information content (AvgIpc) is 2.98. The number of hydrogen-bond acceptors (Lipinski definition) is 5. The summed E-state index contributed by atoms with van der Waals surface area (Å²) in [5.74, 6) is 1.40. The van der Waals surface area contributed by atoms with E-state index in [-0.39, 0.29) is 0 Å². The number of tetrazole rings is 1. The van der Waals surface area contributed by atoms with Gasteiger partial charge >= 0.3 is 0 Å². The molecule has 0 atom stereocenters. The summed E-state index contributed by atoms with van der Waals surface area (Å²) in [5.41, 5.74) is 2.20. The van der Waals surface area contributed by atoms with Crippen molar-refractivity contribution in [2.45, 2.75) is 13.2 Å². The van der Waals surface area contributed by atoms with Gasteiger partial charge in [0.1, 0.15) is 12.4 Å². The van der Waals surface area contributed by atoms with Gasteiger partial charge in [-0.1, -0.05) is 35.4 Å². The molecule has 0 aliphatic carbocycles. The van der Waals surface area contributed by atoms with Crippen LogP contribution in [0.2, 0.25) is 0 Å². The lowest BCUT2D eigenvalue weighted by molar-refractivity contribution is 0.302. The van der Waals surface area contributed by atoms with Gasteiger partial charge in [0.15, 0.2) is 0 Å². The van der Waals surface area contributed by atoms with Crippen LogP contribution in [0.1, 0.15) is 11.1 Å². The lowest BCUT2D eigenvalue weighted by Crippen LogP contribution is -2.06. The fourth-order valence-electron chi connectivity index (χ4n) is 2.14. The number of anilines is 1. The maximum atomic E-state index is 5.93. The largest absolute Gasteiger partial charge is 0.487 e. The molecule has 0 unspecified atom stereocenters. The fraction of sp³-hybridized carbons (Fsp3) is 0.188. The number of halogens is 2. The van der Waals surface area contributed by atoms with Gasteiger partial charge in [-0.25, -0.2) is 4.68 Å². The molecule has 0 spiro atoms. The van der Waals surface area contributed by atoms with Crippen molar-refractivity contribution in [3.8, 4) is 5.75 Å². The van der Waals surface area contributed by atoms with Crippen LogP contribution in [0.4, 0.5) is 5.95 Å². The number of benzene rings is 2. The topological polar surface area (TPSA) is 64.9 Å². The van der Waals surface area contributed by atoms with Crippen molar-refractivity contribution in [3.63, 3.8) is 0 Å². The predicted molar refractivity (Wildman–Crippen MR) is 98.7 cm³/mol. The second-order valence-corrected chi connectivity index (χ2v) is 6.85. The fourth-order valence-corrected chi connectivity index (χ4v) is 3.65. The molecule has 2 aromatic carbocycles. The highest BCUT2D eigenvalue weighted by molar-refractivity contribution is 9.11. The van der Waals surface area contributed by atoms with Crippen LogP contribution in [-0.2, 0) is 20.2 Å². The standard InChI is InChI=1S/C16H15Br2N5O/c1-23-16(20-21-22-23)19-9-12-7-13(17)15(14(18)8-12)24-10-11-5-3-2-4-6-11/h2-8H,9-10H2,1H3,(H,19,20,22). The van der Waals surface area contributed by atoms with E-state index in [1.165, 1.54) is 0 Å². The minimum absolute atomic E-state index is 0.514. The summed E-state index contributed by atoms with van der Waals surface area (Å²) < 4.78 is 9.29. The molecule has 0 aliphatic heterocycles. The number of aromatic nitrogens is 4. The minimum atomic E-state index is 0.514. The molecule has 124 valence electrons. The summed E-state index contributed by atoms with van der Waals surface area (Å²) in [4.78, 5) is 0. The maximum Gasteiger partial charge on any atom is 0.242 e. The third kappa shape index (κ3) is 4.12. The zero-order chi connectivity index (χ0) is 16.9. The van der Waals surface area contributed by atoms with Crippen molar-refractivity contribution in [2.75, 3.05) is 5.32 Å². The third-order valence-corrected chi connectivity index (χ3v) is 4.53. The molecule has 24 heavy (non-hydrogen) atoms. The Labute approximate surface area is 156 Å². The van der Waals surface area contributed by atoms with Crippen LogP contribution in [0.3, 0.4) is 0 Å². The van der Waals surface area contributed by atoms with Gasteiger partial charge in [0, 0.05) is 13.6 Å². The van der Waals surface area contributed by atoms with E-state index in [4.69, 9.17) is 4.74 Å². The first kappa shape index (κ1) is 16.9. The quantitative estimate of drug-likeness (QED) is 0.613. The van der Waals surface area contributed by atoms with Crippen molar-refractivity contribution in [1.82, 2.24) is 20.2 Å². The van der Waals surface area contributed by atoms with Gasteiger partial charge in [0.25, 0.3) is 0 Å². The van der Waals surface area contributed by atoms with Crippen LogP contribution in [0.25, 0.3) is 0 Å². The van der Waals surface area contributed by atoms with E-state index < -0.39 is 0 Å². The number of ether oxygens (including phenoxy) is 1. The van der Waals surface area contributed by atoms with E-state index >= 15 is 0 Å². The van der Waals surface area contributed by atoms with E-state index in [0.717, 1.165) is 25.8 Å². The lowest BCUT2D eigenvalue weighted by atomic mass is 10.2. The molecule has 1 aromatic heterocycles. The van der Waals surface area contributed by atoms with Crippen LogP contribution in [0.15, 0.2) is 51.4 Å². The first-order valence-corrected chi connectivity index (χ1v) is 8.83. The molecular weight excluding hydrogens is 438 g/mol. The summed E-state index contributed by atoms with van der Waals surface area (Å²) in [7, 11) is 1.79. The first-order valence-electron chi connectivity index (χ1n) is 7.24. The van der Waals surface area contributed by atoms with Crippen LogP contribution in [-0.4, -0.2) is 20.2 Å². The van der Waals surface area contributed by atoms with E-state index in [0.29, 0.717) is 19.1 Å². The number of rotatable bonds is 6. The molecule has 0 fully saturated rings. The third-order valence-electron chi connectivity index (χ3n) is 3.35. The van der Waals surface area contributed by atoms with Gasteiger partial charge < -0.3 is 10.1 Å². The Morgan fingerprint density at radius 2 is 1.79 bits per heavy atom. The summed E-state index contributed by atoms with van der Waals surface area (Å²) in [6.07, 6.45) is 0. The minimum Gasteiger partial charge on any atom is -0.487 e. The van der Waals surface area contributed by atoms with Crippen molar-refractivity contribution in [3.05, 3.63) is 62.5 Å². The van der Waals surface area contributed by atoms with E-state index in [1.807, 2.05) is 42.5 Å². The zero-order valence-corrected chi connectivity index (χ0v) is 16.1. The number of hydrogen-bond donors (Lipinski definition) is 1. The summed E-state index contributed by atoms with van der Waals surface area (Å²) in [5, 5.41) is 14.5. The molecule has 8 heteroatoms. The molecule has 0 radical (unpaired) electrons. The van der Waals surface area contributed by atoms with E-state index in [9.17, 15) is 0 Å². The first-order chi connectivity index (χ1) is 11.6. The van der Waals surface area contributed by atoms with Gasteiger partial charge in [-0.2, -0.15) is 0 Å². The molecule has 0 aliphatic rings. The second kappa shape index (κ2) is 7.76. The predicted octanol–water partition coefficient (Wildman–Crippen LogP) is 3.93. The molecule has 0 amide bonds. The molecule has 0 saturated carbocycles. The van der Waals surface area contributed by atoms with Crippen LogP contribution in [0, 0.1) is 0 Å². The normalized spacial score (nSPS) is 10.6. The van der Waals surface area contributed by atoms with Crippen LogP contribution >= 0.6 is 31.9 Å². The van der Waals surface area contributed by atoms with E-state index in [2.05, 4.69) is 52.7 Å². The molecule has 3 aromatic rings. The Bertz CT molecular complexity index is 799. The lowest BCUT2D eigenvalue weighted by Gasteiger charge is -2.13. The molecule has 1 N–H and O–H groups in total. The summed E-state index contributed by atoms with van der Waals surface area (Å²) in [6.45, 7) is 1.12. The van der Waals surface area contributed by atoms with Gasteiger partial charge in [0.05, 0.1) is 8.95 Å². The number of nitrogens with one attached hydrogen (secondary N) is 1. The van der Waals surface area contributed by atoms with Gasteiger partial charge in [0.2, 0.25) is 5.95 Å². The van der Waals surface area contributed by atoms with Crippen molar-refractivity contribution < 1.29 is 4.74 Å². The second-order valence-electron chi connectivity index (χ2n) is 5.14. The van der Waals surface area contributed by atoms with Gasteiger partial charge in [-0.05, 0) is 65.5 Å². The van der Waals surface area contributed by atoms with Crippen molar-refractivity contribution in [1.29, 1.82) is 0 Å². The molecule has 0 bridgehead atoms. The Kier molecular flexibility index (Phi) is 5.47. The average molecular weight is 453 g/mol. The van der Waals surface area contributed by atoms with Crippen molar-refractivity contribution in [2.24, 2.45) is 7.05 Å². The summed E-state index contributed by atoms with van der Waals surface area (Å²) >= 11 is 7.15. The molecule has 0 saturated heterocycles. The zero-order valence-electron chi connectivity index (χ0n) is 12.9. The number of nitrogens with zero attached hydrogens (tertiary/aromatic N) is 4. The Hall–Kier alpha value is -1.93. The Morgan fingerprint density at radius 3 is 2.42 bits per heavy atom. The molecule has 3 rings (SSSR count). The highest BCUT2D eigenvalue weighted by Gasteiger charge is 2.10. The molecule has 6 nitrogen and oxygen atoms in total. The molecular formula is C16H15Br2N5O. The van der Waals surface area contributed by atoms with Crippen molar-refractivity contribution >= 4 is 37.8 Å².